The number of allylic oxidation sites excluding steroid dienone is 1. The van der Waals surface area contributed by atoms with E-state index in [0.717, 1.165) is 30.5 Å². The van der Waals surface area contributed by atoms with Crippen LogP contribution in [0, 0.1) is 17.6 Å². The number of halogens is 2. The molecule has 2 rings (SSSR count). The lowest BCUT2D eigenvalue weighted by molar-refractivity contribution is 0.255. The summed E-state index contributed by atoms with van der Waals surface area (Å²) >= 11 is 0. The number of carbonyl (C=O) groups is 1. The monoisotopic (exact) mass is 252 g/mol. The zero-order valence-electron chi connectivity index (χ0n) is 9.97. The van der Waals surface area contributed by atoms with E-state index in [2.05, 4.69) is 10.6 Å². The van der Waals surface area contributed by atoms with Crippen LogP contribution in [-0.4, -0.2) is 6.03 Å². The molecule has 1 aliphatic carbocycles. The number of nitrogens with one attached hydrogen (secondary N) is 2. The molecule has 0 unspecified atom stereocenters. The summed E-state index contributed by atoms with van der Waals surface area (Å²) in [5.74, 6) is -0.913. The van der Waals surface area contributed by atoms with E-state index in [1.165, 1.54) is 6.07 Å². The van der Waals surface area contributed by atoms with Gasteiger partial charge in [0.05, 0.1) is 5.69 Å². The van der Waals surface area contributed by atoms with Gasteiger partial charge >= 0.3 is 6.03 Å². The van der Waals surface area contributed by atoms with Crippen LogP contribution in [0.25, 0.3) is 0 Å². The largest absolute Gasteiger partial charge is 0.323 e. The number of hydrogen-bond acceptors (Lipinski definition) is 1. The number of benzene rings is 1. The van der Waals surface area contributed by atoms with Crippen LogP contribution in [0.2, 0.25) is 0 Å². The highest BCUT2D eigenvalue weighted by Crippen LogP contribution is 2.35. The molecule has 3 nitrogen and oxygen atoms in total. The van der Waals surface area contributed by atoms with Crippen LogP contribution in [0.3, 0.4) is 0 Å². The first-order valence-electron chi connectivity index (χ1n) is 5.75. The van der Waals surface area contributed by atoms with E-state index in [9.17, 15) is 13.6 Å². The molecule has 96 valence electrons. The van der Waals surface area contributed by atoms with Gasteiger partial charge in [0.15, 0.2) is 0 Å². The van der Waals surface area contributed by atoms with Gasteiger partial charge < -0.3 is 10.6 Å². The molecular weight excluding hydrogens is 238 g/mol. The summed E-state index contributed by atoms with van der Waals surface area (Å²) in [6, 6.07) is 2.45. The minimum Gasteiger partial charge on any atom is -0.314 e. The number of anilines is 1. The molecule has 0 atom stereocenters. The highest BCUT2D eigenvalue weighted by Gasteiger charge is 2.22. The van der Waals surface area contributed by atoms with Crippen molar-refractivity contribution >= 4 is 11.7 Å². The standard InChI is InChI=1S/C13H14F2N2O/c1-8(9-2-3-9)7-16-13(18)17-12-5-4-10(14)6-11(12)15/h4-7,9H,2-3H2,1H3,(H2,16,17,18)/b8-7+. The lowest BCUT2D eigenvalue weighted by atomic mass is 10.2. The van der Waals surface area contributed by atoms with Gasteiger partial charge in [0.2, 0.25) is 0 Å². The predicted octanol–water partition coefficient (Wildman–Crippen LogP) is 3.40. The van der Waals surface area contributed by atoms with E-state index >= 15 is 0 Å². The molecule has 0 radical (unpaired) electrons. The highest BCUT2D eigenvalue weighted by molar-refractivity contribution is 5.90. The van der Waals surface area contributed by atoms with Crippen LogP contribution in [0.1, 0.15) is 19.8 Å². The van der Waals surface area contributed by atoms with E-state index in [4.69, 9.17) is 0 Å². The Morgan fingerprint density at radius 2 is 2.11 bits per heavy atom. The average molecular weight is 252 g/mol. The van der Waals surface area contributed by atoms with Crippen molar-refractivity contribution in [3.8, 4) is 0 Å². The van der Waals surface area contributed by atoms with Crippen LogP contribution in [0.4, 0.5) is 19.3 Å². The van der Waals surface area contributed by atoms with Crippen LogP contribution in [0.5, 0.6) is 0 Å². The van der Waals surface area contributed by atoms with E-state index < -0.39 is 17.7 Å². The second-order valence-electron chi connectivity index (χ2n) is 4.39. The molecule has 1 aromatic rings. The van der Waals surface area contributed by atoms with E-state index in [1.807, 2.05) is 6.92 Å². The normalized spacial score (nSPS) is 15.4. The van der Waals surface area contributed by atoms with Gasteiger partial charge in [-0.1, -0.05) is 5.57 Å². The molecule has 1 aromatic carbocycles. The van der Waals surface area contributed by atoms with Gasteiger partial charge in [-0.15, -0.1) is 0 Å². The van der Waals surface area contributed by atoms with Crippen molar-refractivity contribution in [2.75, 3.05) is 5.32 Å². The first-order valence-corrected chi connectivity index (χ1v) is 5.75. The molecule has 0 aliphatic heterocycles. The Labute approximate surface area is 104 Å². The molecule has 0 aromatic heterocycles. The maximum absolute atomic E-state index is 13.2. The Bertz CT molecular complexity index is 496. The summed E-state index contributed by atoms with van der Waals surface area (Å²) in [5.41, 5.74) is 1.05. The van der Waals surface area contributed by atoms with Crippen molar-refractivity contribution in [2.45, 2.75) is 19.8 Å². The third-order valence-electron chi connectivity index (χ3n) is 2.83. The van der Waals surface area contributed by atoms with Crippen LogP contribution in [-0.2, 0) is 0 Å². The Morgan fingerprint density at radius 3 is 2.72 bits per heavy atom. The molecule has 1 fully saturated rings. The van der Waals surface area contributed by atoms with Crippen molar-refractivity contribution < 1.29 is 13.6 Å². The third kappa shape index (κ3) is 3.29. The number of rotatable bonds is 3. The summed E-state index contributed by atoms with van der Waals surface area (Å²) in [6.07, 6.45) is 3.92. The second kappa shape index (κ2) is 5.16. The van der Waals surface area contributed by atoms with Crippen molar-refractivity contribution in [2.24, 2.45) is 5.92 Å². The molecule has 5 heteroatoms. The van der Waals surface area contributed by atoms with Crippen LogP contribution >= 0.6 is 0 Å². The van der Waals surface area contributed by atoms with Gasteiger partial charge in [0.25, 0.3) is 0 Å². The molecule has 18 heavy (non-hydrogen) atoms. The third-order valence-corrected chi connectivity index (χ3v) is 2.83. The minimum atomic E-state index is -0.798. The van der Waals surface area contributed by atoms with E-state index in [0.29, 0.717) is 5.92 Å². The summed E-state index contributed by atoms with van der Waals surface area (Å²) in [7, 11) is 0. The molecule has 0 heterocycles. The first kappa shape index (κ1) is 12.5. The SMILES string of the molecule is C/C(=C\NC(=O)Nc1ccc(F)cc1F)C1CC1. The Morgan fingerprint density at radius 1 is 1.39 bits per heavy atom. The summed E-state index contributed by atoms with van der Waals surface area (Å²) < 4.78 is 25.9. The highest BCUT2D eigenvalue weighted by atomic mass is 19.1. The summed E-state index contributed by atoms with van der Waals surface area (Å²) in [5, 5.41) is 4.84. The Hall–Kier alpha value is -1.91. The average Bonchev–Trinajstić information content (AvgIpc) is 3.14. The van der Waals surface area contributed by atoms with E-state index in [-0.39, 0.29) is 5.69 Å². The smallest absolute Gasteiger partial charge is 0.314 e. The van der Waals surface area contributed by atoms with E-state index in [1.54, 1.807) is 6.20 Å². The fourth-order valence-electron chi connectivity index (χ4n) is 1.59. The summed E-state index contributed by atoms with van der Waals surface area (Å²) in [4.78, 5) is 11.5. The fourth-order valence-corrected chi connectivity index (χ4v) is 1.59. The van der Waals surface area contributed by atoms with Gasteiger partial charge in [-0.05, 0) is 37.8 Å². The zero-order chi connectivity index (χ0) is 13.1. The van der Waals surface area contributed by atoms with Crippen molar-refractivity contribution in [3.63, 3.8) is 0 Å². The predicted molar refractivity (Wildman–Crippen MR) is 65.0 cm³/mol. The topological polar surface area (TPSA) is 41.1 Å². The zero-order valence-corrected chi connectivity index (χ0v) is 9.97. The Kier molecular flexibility index (Phi) is 3.60. The first-order chi connectivity index (χ1) is 8.56. The van der Waals surface area contributed by atoms with Crippen molar-refractivity contribution in [3.05, 3.63) is 41.6 Å². The fraction of sp³-hybridized carbons (Fsp3) is 0.308. The van der Waals surface area contributed by atoms with Gasteiger partial charge in [-0.2, -0.15) is 0 Å². The van der Waals surface area contributed by atoms with Crippen molar-refractivity contribution in [1.82, 2.24) is 5.32 Å². The molecule has 2 N–H and O–H groups in total. The number of carbonyl (C=O) groups excluding carboxylic acids is 1. The van der Waals surface area contributed by atoms with Gasteiger partial charge in [-0.25, -0.2) is 13.6 Å². The number of urea groups is 1. The molecule has 1 saturated carbocycles. The minimum absolute atomic E-state index is 0.0497. The summed E-state index contributed by atoms with van der Waals surface area (Å²) in [6.45, 7) is 1.94. The maximum Gasteiger partial charge on any atom is 0.323 e. The molecule has 0 saturated heterocycles. The van der Waals surface area contributed by atoms with Crippen LogP contribution in [0.15, 0.2) is 30.0 Å². The quantitative estimate of drug-likeness (QED) is 0.850. The van der Waals surface area contributed by atoms with Crippen LogP contribution < -0.4 is 10.6 Å². The molecule has 0 spiro atoms. The lowest BCUT2D eigenvalue weighted by Gasteiger charge is -2.06. The van der Waals surface area contributed by atoms with Gasteiger partial charge in [0.1, 0.15) is 11.6 Å². The van der Waals surface area contributed by atoms with Gasteiger partial charge in [0, 0.05) is 12.3 Å². The molecular formula is C13H14F2N2O. The maximum atomic E-state index is 13.2. The van der Waals surface area contributed by atoms with Crippen molar-refractivity contribution in [1.29, 1.82) is 0 Å². The molecule has 2 amide bonds. The van der Waals surface area contributed by atoms with Gasteiger partial charge in [-0.3, -0.25) is 0 Å². The molecule has 0 bridgehead atoms. The Balaban J connectivity index is 1.92. The lowest BCUT2D eigenvalue weighted by Crippen LogP contribution is -2.24. The number of amides is 2. The number of hydrogen-bond donors (Lipinski definition) is 2. The second-order valence-corrected chi connectivity index (χ2v) is 4.39. The molecule has 1 aliphatic rings.